The molecule has 0 aromatic carbocycles. The maximum Gasteiger partial charge on any atom is 0.410 e. The van der Waals surface area contributed by atoms with Crippen molar-refractivity contribution in [3.05, 3.63) is 0 Å². The van der Waals surface area contributed by atoms with E-state index in [2.05, 4.69) is 5.32 Å². The molecule has 0 radical (unpaired) electrons. The number of carbonyl (C=O) groups excluding carboxylic acids is 3. The molecule has 0 spiro atoms. The molecule has 0 fully saturated rings. The molecule has 0 unspecified atom stereocenters. The van der Waals surface area contributed by atoms with Crippen molar-refractivity contribution in [2.24, 2.45) is 0 Å². The third-order valence-corrected chi connectivity index (χ3v) is 4.18. The van der Waals surface area contributed by atoms with Crippen molar-refractivity contribution in [2.75, 3.05) is 32.7 Å². The molecule has 0 rings (SSSR count). The van der Waals surface area contributed by atoms with Gasteiger partial charge in [-0.05, 0) is 81.6 Å². The minimum atomic E-state index is -0.641. The first-order valence-electron chi connectivity index (χ1n) is 12.2. The van der Waals surface area contributed by atoms with E-state index in [0.717, 1.165) is 0 Å². The van der Waals surface area contributed by atoms with Gasteiger partial charge in [-0.1, -0.05) is 0 Å². The van der Waals surface area contributed by atoms with Crippen molar-refractivity contribution >= 4 is 18.3 Å². The molecule has 0 aliphatic rings. The van der Waals surface area contributed by atoms with Gasteiger partial charge in [0.15, 0.2) is 0 Å². The van der Waals surface area contributed by atoms with Gasteiger partial charge in [0.1, 0.15) is 16.8 Å². The van der Waals surface area contributed by atoms with Gasteiger partial charge in [0.05, 0.1) is 12.5 Å². The number of hydrogen-bond donors (Lipinski definition) is 1. The Hall–Kier alpha value is -2.70. The van der Waals surface area contributed by atoms with Gasteiger partial charge in [-0.2, -0.15) is 5.26 Å². The van der Waals surface area contributed by atoms with Crippen LogP contribution >= 0.6 is 0 Å². The van der Waals surface area contributed by atoms with Crippen molar-refractivity contribution < 1.29 is 28.6 Å². The molecule has 0 saturated heterocycles. The Morgan fingerprint density at radius 3 is 1.54 bits per heavy atom. The number of hydrogen-bond acceptors (Lipinski definition) is 7. The average Bonchev–Trinajstić information content (AvgIpc) is 2.64. The fourth-order valence-electron chi connectivity index (χ4n) is 2.81. The zero-order valence-electron chi connectivity index (χ0n) is 23.2. The molecule has 10 nitrogen and oxygen atoms in total. The lowest BCUT2D eigenvalue weighted by Crippen LogP contribution is -2.41. The third kappa shape index (κ3) is 18.3. The fraction of sp³-hybridized carbons (Fsp3) is 0.840. The normalized spacial score (nSPS) is 11.8. The molecule has 0 aromatic heterocycles. The predicted octanol–water partition coefficient (Wildman–Crippen LogP) is 5.07. The third-order valence-electron chi connectivity index (χ3n) is 4.18. The first-order valence-corrected chi connectivity index (χ1v) is 12.2. The number of nitrogens with one attached hydrogen (secondary N) is 1. The number of alkyl carbamates (subject to hydrolysis) is 1. The summed E-state index contributed by atoms with van der Waals surface area (Å²) in [6.45, 7) is 18.0. The smallest absolute Gasteiger partial charge is 0.410 e. The Morgan fingerprint density at radius 2 is 1.11 bits per heavy atom. The Kier molecular flexibility index (Phi) is 13.5. The molecule has 35 heavy (non-hydrogen) atoms. The van der Waals surface area contributed by atoms with E-state index in [-0.39, 0.29) is 13.0 Å². The standard InChI is InChI=1S/C25H46N4O6/c1-23(2,3)33-20(30)27-15-10-11-16-28(21(31)34-24(4,5)6)18-13-19-29(17-12-14-26)22(32)35-25(7,8)9/h10-13,15-19H2,1-9H3,(H,27,30). The van der Waals surface area contributed by atoms with Crippen molar-refractivity contribution in [2.45, 2.75) is 105 Å². The molecular formula is C25H46N4O6. The summed E-state index contributed by atoms with van der Waals surface area (Å²) in [7, 11) is 0. The van der Waals surface area contributed by atoms with Crippen LogP contribution in [0.3, 0.4) is 0 Å². The summed E-state index contributed by atoms with van der Waals surface area (Å²) in [4.78, 5) is 40.1. The van der Waals surface area contributed by atoms with Crippen LogP contribution < -0.4 is 5.32 Å². The van der Waals surface area contributed by atoms with E-state index in [1.807, 2.05) is 6.07 Å². The van der Waals surface area contributed by atoms with Crippen molar-refractivity contribution in [1.82, 2.24) is 15.1 Å². The van der Waals surface area contributed by atoms with Crippen LogP contribution in [0.1, 0.15) is 88.0 Å². The second-order valence-electron chi connectivity index (χ2n) is 11.3. The zero-order valence-corrected chi connectivity index (χ0v) is 23.2. The number of ether oxygens (including phenoxy) is 3. The van der Waals surface area contributed by atoms with Gasteiger partial charge in [-0.3, -0.25) is 0 Å². The highest BCUT2D eigenvalue weighted by molar-refractivity contribution is 5.69. The minimum absolute atomic E-state index is 0.194. The molecule has 3 amide bonds. The maximum atomic E-state index is 12.7. The Bertz CT molecular complexity index is 713. The Balaban J connectivity index is 4.88. The largest absolute Gasteiger partial charge is 0.444 e. The zero-order chi connectivity index (χ0) is 27.3. The van der Waals surface area contributed by atoms with Crippen LogP contribution in [0.4, 0.5) is 14.4 Å². The number of nitriles is 1. The van der Waals surface area contributed by atoms with Crippen LogP contribution in [0.5, 0.6) is 0 Å². The van der Waals surface area contributed by atoms with Gasteiger partial charge in [-0.15, -0.1) is 0 Å². The topological polar surface area (TPSA) is 121 Å². The van der Waals surface area contributed by atoms with Crippen LogP contribution in [-0.4, -0.2) is 77.6 Å². The minimum Gasteiger partial charge on any atom is -0.444 e. The van der Waals surface area contributed by atoms with Crippen LogP contribution in [0, 0.1) is 11.3 Å². The van der Waals surface area contributed by atoms with Crippen LogP contribution in [0.25, 0.3) is 0 Å². The van der Waals surface area contributed by atoms with Gasteiger partial charge < -0.3 is 29.3 Å². The summed E-state index contributed by atoms with van der Waals surface area (Å²) in [6, 6.07) is 2.05. The highest BCUT2D eigenvalue weighted by atomic mass is 16.6. The number of amides is 3. The van der Waals surface area contributed by atoms with Gasteiger partial charge in [0.2, 0.25) is 0 Å². The highest BCUT2D eigenvalue weighted by Gasteiger charge is 2.24. The van der Waals surface area contributed by atoms with Crippen molar-refractivity contribution in [3.63, 3.8) is 0 Å². The Labute approximate surface area is 211 Å². The summed E-state index contributed by atoms with van der Waals surface area (Å²) in [5.74, 6) is 0. The molecule has 1 N–H and O–H groups in total. The van der Waals surface area contributed by atoms with Gasteiger partial charge in [0, 0.05) is 32.7 Å². The fourth-order valence-corrected chi connectivity index (χ4v) is 2.81. The van der Waals surface area contributed by atoms with Gasteiger partial charge in [0.25, 0.3) is 0 Å². The van der Waals surface area contributed by atoms with E-state index in [4.69, 9.17) is 19.5 Å². The molecular weight excluding hydrogens is 452 g/mol. The molecule has 0 saturated carbocycles. The molecule has 0 atom stereocenters. The average molecular weight is 499 g/mol. The first kappa shape index (κ1) is 32.3. The molecule has 0 aliphatic heterocycles. The summed E-state index contributed by atoms with van der Waals surface area (Å²) in [6.07, 6.45) is 0.619. The number of unbranched alkanes of at least 4 members (excludes halogenated alkanes) is 1. The second-order valence-corrected chi connectivity index (χ2v) is 11.3. The highest BCUT2D eigenvalue weighted by Crippen LogP contribution is 2.13. The molecule has 0 heterocycles. The van der Waals surface area contributed by atoms with Crippen molar-refractivity contribution in [1.29, 1.82) is 5.26 Å². The maximum absolute atomic E-state index is 12.7. The van der Waals surface area contributed by atoms with E-state index < -0.39 is 35.1 Å². The number of carbonyl (C=O) groups is 3. The lowest BCUT2D eigenvalue weighted by molar-refractivity contribution is 0.0203. The van der Waals surface area contributed by atoms with Crippen LogP contribution in [-0.2, 0) is 14.2 Å². The van der Waals surface area contributed by atoms with E-state index in [0.29, 0.717) is 45.4 Å². The number of rotatable bonds is 11. The molecule has 202 valence electrons. The SMILES string of the molecule is CC(C)(C)OC(=O)NCCCCN(CCCN(CCC#N)C(=O)OC(C)(C)C)C(=O)OC(C)(C)C. The lowest BCUT2D eigenvalue weighted by atomic mass is 10.2. The van der Waals surface area contributed by atoms with Crippen LogP contribution in [0.15, 0.2) is 0 Å². The van der Waals surface area contributed by atoms with Gasteiger partial charge >= 0.3 is 18.3 Å². The van der Waals surface area contributed by atoms with Crippen LogP contribution in [0.2, 0.25) is 0 Å². The summed E-state index contributed by atoms with van der Waals surface area (Å²) in [5.41, 5.74) is -1.83. The molecule has 0 aliphatic carbocycles. The molecule has 10 heteroatoms. The van der Waals surface area contributed by atoms with E-state index in [9.17, 15) is 14.4 Å². The first-order chi connectivity index (χ1) is 15.9. The summed E-state index contributed by atoms with van der Waals surface area (Å²) in [5, 5.41) is 11.6. The number of nitrogens with zero attached hydrogens (tertiary/aromatic N) is 3. The quantitative estimate of drug-likeness (QED) is 0.312. The molecule has 0 bridgehead atoms. The molecule has 0 aromatic rings. The van der Waals surface area contributed by atoms with Crippen molar-refractivity contribution in [3.8, 4) is 6.07 Å². The second kappa shape index (κ2) is 14.6. The van der Waals surface area contributed by atoms with E-state index in [1.54, 1.807) is 67.2 Å². The van der Waals surface area contributed by atoms with E-state index >= 15 is 0 Å². The summed E-state index contributed by atoms with van der Waals surface area (Å²) >= 11 is 0. The van der Waals surface area contributed by atoms with E-state index in [1.165, 1.54) is 4.90 Å². The predicted molar refractivity (Wildman–Crippen MR) is 134 cm³/mol. The summed E-state index contributed by atoms with van der Waals surface area (Å²) < 4.78 is 16.2. The monoisotopic (exact) mass is 498 g/mol. The lowest BCUT2D eigenvalue weighted by Gasteiger charge is -2.29. The Morgan fingerprint density at radius 1 is 0.686 bits per heavy atom. The van der Waals surface area contributed by atoms with Gasteiger partial charge in [-0.25, -0.2) is 14.4 Å².